The molecule has 0 spiro atoms. The highest BCUT2D eigenvalue weighted by molar-refractivity contribution is 4.88. The third kappa shape index (κ3) is 4.61. The highest BCUT2D eigenvalue weighted by Crippen LogP contribution is 2.03. The van der Waals surface area contributed by atoms with Crippen molar-refractivity contribution in [3.05, 3.63) is 0 Å². The molecule has 0 radical (unpaired) electrons. The number of piperazine rings is 1. The molecular formula is C11H22N4. The van der Waals surface area contributed by atoms with Crippen molar-refractivity contribution >= 4 is 0 Å². The molecule has 1 aliphatic rings. The predicted molar refractivity (Wildman–Crippen MR) is 61.6 cm³/mol. The smallest absolute Gasteiger partial charge is 0.0951 e. The maximum atomic E-state index is 8.76. The lowest BCUT2D eigenvalue weighted by molar-refractivity contribution is 0.151. The molecule has 0 aromatic heterocycles. The van der Waals surface area contributed by atoms with Crippen LogP contribution in [0.4, 0.5) is 0 Å². The topological polar surface area (TPSA) is 42.3 Å². The van der Waals surface area contributed by atoms with Gasteiger partial charge in [0.1, 0.15) is 0 Å². The van der Waals surface area contributed by atoms with Crippen LogP contribution in [0.1, 0.15) is 12.8 Å². The van der Waals surface area contributed by atoms with Gasteiger partial charge in [-0.3, -0.25) is 0 Å². The van der Waals surface area contributed by atoms with E-state index < -0.39 is 0 Å². The van der Waals surface area contributed by atoms with Gasteiger partial charge in [0, 0.05) is 26.2 Å². The van der Waals surface area contributed by atoms with Crippen molar-refractivity contribution < 1.29 is 0 Å². The van der Waals surface area contributed by atoms with Gasteiger partial charge in [-0.1, -0.05) is 0 Å². The van der Waals surface area contributed by atoms with Crippen molar-refractivity contribution in [2.45, 2.75) is 18.9 Å². The second-order valence-corrected chi connectivity index (χ2v) is 4.26. The number of hydrogen-bond donors (Lipinski definition) is 1. The number of rotatable bonds is 5. The molecule has 15 heavy (non-hydrogen) atoms. The molecule has 1 N–H and O–H groups in total. The first-order valence-corrected chi connectivity index (χ1v) is 5.74. The average molecular weight is 210 g/mol. The first-order valence-electron chi connectivity index (χ1n) is 5.74. The van der Waals surface area contributed by atoms with Crippen LogP contribution in [0.3, 0.4) is 0 Å². The van der Waals surface area contributed by atoms with Crippen molar-refractivity contribution in [2.24, 2.45) is 0 Å². The normalized spacial score (nSPS) is 21.1. The van der Waals surface area contributed by atoms with Crippen LogP contribution >= 0.6 is 0 Å². The van der Waals surface area contributed by atoms with Crippen molar-refractivity contribution in [1.29, 1.82) is 5.26 Å². The molecule has 86 valence electrons. The van der Waals surface area contributed by atoms with Gasteiger partial charge in [-0.05, 0) is 33.5 Å². The molecule has 0 saturated carbocycles. The Morgan fingerprint density at radius 2 is 2.00 bits per heavy atom. The van der Waals surface area contributed by atoms with Gasteiger partial charge in [-0.2, -0.15) is 5.26 Å². The van der Waals surface area contributed by atoms with Gasteiger partial charge in [0.05, 0.1) is 12.1 Å². The van der Waals surface area contributed by atoms with Crippen LogP contribution in [-0.2, 0) is 0 Å². The van der Waals surface area contributed by atoms with E-state index >= 15 is 0 Å². The zero-order chi connectivity index (χ0) is 11.1. The zero-order valence-electron chi connectivity index (χ0n) is 9.87. The Balaban J connectivity index is 2.08. The van der Waals surface area contributed by atoms with Crippen LogP contribution in [-0.4, -0.2) is 62.7 Å². The minimum Gasteiger partial charge on any atom is -0.305 e. The summed E-state index contributed by atoms with van der Waals surface area (Å²) < 4.78 is 0. The SMILES string of the molecule is CNC(C#N)CCCN1CCN(C)CC1. The summed E-state index contributed by atoms with van der Waals surface area (Å²) >= 11 is 0. The summed E-state index contributed by atoms with van der Waals surface area (Å²) in [6.07, 6.45) is 2.07. The van der Waals surface area contributed by atoms with Crippen molar-refractivity contribution in [2.75, 3.05) is 46.8 Å². The third-order valence-corrected chi connectivity index (χ3v) is 3.07. The Hall–Kier alpha value is -0.630. The maximum absolute atomic E-state index is 8.76. The van der Waals surface area contributed by atoms with E-state index in [1.165, 1.54) is 26.2 Å². The Labute approximate surface area is 92.8 Å². The number of nitrogens with one attached hydrogen (secondary N) is 1. The van der Waals surface area contributed by atoms with Gasteiger partial charge in [0.2, 0.25) is 0 Å². The summed E-state index contributed by atoms with van der Waals surface area (Å²) in [5, 5.41) is 11.8. The quantitative estimate of drug-likeness (QED) is 0.700. The third-order valence-electron chi connectivity index (χ3n) is 3.07. The number of nitrogens with zero attached hydrogens (tertiary/aromatic N) is 3. The summed E-state index contributed by atoms with van der Waals surface area (Å²) in [4.78, 5) is 4.85. The van der Waals surface area contributed by atoms with Gasteiger partial charge >= 0.3 is 0 Å². The van der Waals surface area contributed by atoms with E-state index in [2.05, 4.69) is 28.2 Å². The fourth-order valence-electron chi connectivity index (χ4n) is 1.86. The molecule has 0 aliphatic carbocycles. The first kappa shape index (κ1) is 12.4. The van der Waals surface area contributed by atoms with Crippen molar-refractivity contribution in [3.8, 4) is 6.07 Å². The second-order valence-electron chi connectivity index (χ2n) is 4.26. The highest BCUT2D eigenvalue weighted by atomic mass is 15.2. The molecule has 4 heteroatoms. The van der Waals surface area contributed by atoms with E-state index in [1.807, 2.05) is 7.05 Å². The van der Waals surface area contributed by atoms with Crippen molar-refractivity contribution in [3.63, 3.8) is 0 Å². The average Bonchev–Trinajstić information content (AvgIpc) is 2.27. The highest BCUT2D eigenvalue weighted by Gasteiger charge is 2.13. The molecule has 0 aromatic carbocycles. The molecule has 1 atom stereocenters. The Kier molecular flexibility index (Phi) is 5.62. The van der Waals surface area contributed by atoms with E-state index in [1.54, 1.807) is 0 Å². The Bertz CT molecular complexity index is 203. The lowest BCUT2D eigenvalue weighted by Gasteiger charge is -2.32. The number of hydrogen-bond acceptors (Lipinski definition) is 4. The molecule has 4 nitrogen and oxygen atoms in total. The summed E-state index contributed by atoms with van der Waals surface area (Å²) in [5.74, 6) is 0. The second kappa shape index (κ2) is 6.78. The van der Waals surface area contributed by atoms with Crippen LogP contribution in [0.2, 0.25) is 0 Å². The minimum atomic E-state index is 0.0254. The van der Waals surface area contributed by atoms with E-state index in [0.29, 0.717) is 0 Å². The molecule has 1 rings (SSSR count). The Morgan fingerprint density at radius 3 is 2.53 bits per heavy atom. The molecular weight excluding hydrogens is 188 g/mol. The first-order chi connectivity index (χ1) is 7.26. The van der Waals surface area contributed by atoms with E-state index in [-0.39, 0.29) is 6.04 Å². The van der Waals surface area contributed by atoms with Gasteiger partial charge < -0.3 is 15.1 Å². The zero-order valence-corrected chi connectivity index (χ0v) is 9.87. The van der Waals surface area contributed by atoms with Crippen LogP contribution < -0.4 is 5.32 Å². The number of likely N-dealkylation sites (N-methyl/N-ethyl adjacent to an activating group) is 1. The van der Waals surface area contributed by atoms with E-state index in [9.17, 15) is 0 Å². The van der Waals surface area contributed by atoms with Crippen molar-refractivity contribution in [1.82, 2.24) is 15.1 Å². The summed E-state index contributed by atoms with van der Waals surface area (Å²) in [6.45, 7) is 5.83. The van der Waals surface area contributed by atoms with Gasteiger partial charge in [0.25, 0.3) is 0 Å². The monoisotopic (exact) mass is 210 g/mol. The maximum Gasteiger partial charge on any atom is 0.0951 e. The molecule has 1 unspecified atom stereocenters. The van der Waals surface area contributed by atoms with Gasteiger partial charge in [-0.25, -0.2) is 0 Å². The summed E-state index contributed by atoms with van der Waals surface area (Å²) in [6, 6.07) is 2.28. The fraction of sp³-hybridized carbons (Fsp3) is 0.909. The molecule has 0 bridgehead atoms. The molecule has 1 heterocycles. The minimum absolute atomic E-state index is 0.0254. The lowest BCUT2D eigenvalue weighted by atomic mass is 10.1. The summed E-state index contributed by atoms with van der Waals surface area (Å²) in [7, 11) is 4.02. The Morgan fingerprint density at radius 1 is 1.33 bits per heavy atom. The predicted octanol–water partition coefficient (Wildman–Crippen LogP) is 0.126. The van der Waals surface area contributed by atoms with Crippen LogP contribution in [0.25, 0.3) is 0 Å². The largest absolute Gasteiger partial charge is 0.305 e. The molecule has 1 saturated heterocycles. The van der Waals surface area contributed by atoms with Crippen LogP contribution in [0, 0.1) is 11.3 Å². The molecule has 0 aromatic rings. The van der Waals surface area contributed by atoms with Crippen LogP contribution in [0.5, 0.6) is 0 Å². The lowest BCUT2D eigenvalue weighted by Crippen LogP contribution is -2.44. The summed E-state index contributed by atoms with van der Waals surface area (Å²) in [5.41, 5.74) is 0. The number of nitriles is 1. The van der Waals surface area contributed by atoms with Gasteiger partial charge in [0.15, 0.2) is 0 Å². The fourth-order valence-corrected chi connectivity index (χ4v) is 1.86. The molecule has 1 aliphatic heterocycles. The van der Waals surface area contributed by atoms with Crippen LogP contribution in [0.15, 0.2) is 0 Å². The molecule has 1 fully saturated rings. The van der Waals surface area contributed by atoms with Gasteiger partial charge in [-0.15, -0.1) is 0 Å². The van der Waals surface area contributed by atoms with E-state index in [4.69, 9.17) is 5.26 Å². The molecule has 0 amide bonds. The van der Waals surface area contributed by atoms with E-state index in [0.717, 1.165) is 19.4 Å². The standard InChI is InChI=1S/C11H22N4/c1-13-11(10-12)4-3-5-15-8-6-14(2)7-9-15/h11,13H,3-9H2,1-2H3.